The molecule has 1 aliphatic heterocycles. The summed E-state index contributed by atoms with van der Waals surface area (Å²) in [6.45, 7) is 6.07. The molecule has 0 fully saturated rings. The smallest absolute Gasteiger partial charge is 0.223 e. The molecule has 210 valence electrons. The Balaban J connectivity index is 1.50. The van der Waals surface area contributed by atoms with Crippen LogP contribution in [0.5, 0.6) is 5.75 Å². The number of imidazole rings is 1. The number of methoxy groups -OCH3 is 2. The SMILES string of the molecule is CCNc1nccc(-c2c(-c3ccc(F)cc3)nc3n2[C@H](CN(CCCOC)Cc2ccc(OC)cc2)CC3)n1. The van der Waals surface area contributed by atoms with Crippen LogP contribution in [-0.2, 0) is 17.7 Å². The van der Waals surface area contributed by atoms with Gasteiger partial charge in [-0.2, -0.15) is 0 Å². The molecule has 0 amide bonds. The van der Waals surface area contributed by atoms with Gasteiger partial charge in [0.25, 0.3) is 0 Å². The molecule has 8 nitrogen and oxygen atoms in total. The van der Waals surface area contributed by atoms with Gasteiger partial charge in [0.15, 0.2) is 0 Å². The zero-order valence-corrected chi connectivity index (χ0v) is 23.4. The van der Waals surface area contributed by atoms with Gasteiger partial charge >= 0.3 is 0 Å². The third-order valence-corrected chi connectivity index (χ3v) is 7.26. The molecule has 5 rings (SSSR count). The highest BCUT2D eigenvalue weighted by Crippen LogP contribution is 2.39. The van der Waals surface area contributed by atoms with Gasteiger partial charge in [-0.25, -0.2) is 19.3 Å². The second-order valence-corrected chi connectivity index (χ2v) is 10.0. The number of fused-ring (bicyclic) bond motifs is 1. The number of ether oxygens (including phenoxy) is 2. The molecule has 0 saturated heterocycles. The number of anilines is 1. The van der Waals surface area contributed by atoms with E-state index >= 15 is 0 Å². The Morgan fingerprint density at radius 2 is 1.85 bits per heavy atom. The topological polar surface area (TPSA) is 77.3 Å². The third kappa shape index (κ3) is 6.32. The summed E-state index contributed by atoms with van der Waals surface area (Å²) in [6, 6.07) is 17.0. The predicted octanol–water partition coefficient (Wildman–Crippen LogP) is 5.61. The first-order valence-corrected chi connectivity index (χ1v) is 13.9. The molecule has 2 aromatic heterocycles. The first kappa shape index (κ1) is 27.7. The number of aromatic nitrogens is 4. The van der Waals surface area contributed by atoms with Crippen LogP contribution in [0, 0.1) is 5.82 Å². The summed E-state index contributed by atoms with van der Waals surface area (Å²) in [5.74, 6) is 2.20. The summed E-state index contributed by atoms with van der Waals surface area (Å²) in [7, 11) is 3.43. The fourth-order valence-electron chi connectivity index (χ4n) is 5.39. The molecule has 1 aliphatic rings. The van der Waals surface area contributed by atoms with E-state index in [1.165, 1.54) is 17.7 Å². The summed E-state index contributed by atoms with van der Waals surface area (Å²) in [5, 5.41) is 3.22. The summed E-state index contributed by atoms with van der Waals surface area (Å²) in [4.78, 5) is 16.8. The standard InChI is InChI=1S/C31H37FN6O2/c1-4-33-31-34-17-16-27(35-31)30-29(23-8-10-24(32)11-9-23)36-28-15-12-25(38(28)30)21-37(18-5-19-39-2)20-22-6-13-26(40-3)14-7-22/h6-11,13-14,16-17,25H,4-5,12,15,18-21H2,1-3H3,(H,33,34,35)/t25-/m0/s1. The maximum Gasteiger partial charge on any atom is 0.223 e. The quantitative estimate of drug-likeness (QED) is 0.219. The van der Waals surface area contributed by atoms with Crippen molar-refractivity contribution < 1.29 is 13.9 Å². The van der Waals surface area contributed by atoms with Crippen molar-refractivity contribution in [3.8, 4) is 28.4 Å². The van der Waals surface area contributed by atoms with Crippen LogP contribution in [0.1, 0.15) is 37.2 Å². The van der Waals surface area contributed by atoms with Crippen molar-refractivity contribution in [2.75, 3.05) is 45.8 Å². The summed E-state index contributed by atoms with van der Waals surface area (Å²) >= 11 is 0. The molecule has 0 bridgehead atoms. The molecule has 0 unspecified atom stereocenters. The third-order valence-electron chi connectivity index (χ3n) is 7.26. The van der Waals surface area contributed by atoms with Gasteiger partial charge in [-0.1, -0.05) is 12.1 Å². The van der Waals surface area contributed by atoms with Crippen molar-refractivity contribution in [2.45, 2.75) is 38.8 Å². The van der Waals surface area contributed by atoms with Gasteiger partial charge in [-0.15, -0.1) is 0 Å². The van der Waals surface area contributed by atoms with E-state index in [9.17, 15) is 4.39 Å². The monoisotopic (exact) mass is 544 g/mol. The van der Waals surface area contributed by atoms with Gasteiger partial charge in [0.2, 0.25) is 5.95 Å². The van der Waals surface area contributed by atoms with Crippen LogP contribution < -0.4 is 10.1 Å². The van der Waals surface area contributed by atoms with Crippen molar-refractivity contribution in [1.82, 2.24) is 24.4 Å². The minimum Gasteiger partial charge on any atom is -0.497 e. The lowest BCUT2D eigenvalue weighted by Crippen LogP contribution is -2.31. The first-order chi connectivity index (χ1) is 19.6. The van der Waals surface area contributed by atoms with E-state index in [4.69, 9.17) is 19.4 Å². The molecule has 0 radical (unpaired) electrons. The molecule has 1 atom stereocenters. The maximum absolute atomic E-state index is 13.8. The van der Waals surface area contributed by atoms with Crippen molar-refractivity contribution in [3.63, 3.8) is 0 Å². The Kier molecular flexibility index (Phi) is 9.03. The molecular weight excluding hydrogens is 507 g/mol. The van der Waals surface area contributed by atoms with Crippen molar-refractivity contribution in [3.05, 3.63) is 78.0 Å². The van der Waals surface area contributed by atoms with E-state index in [-0.39, 0.29) is 11.9 Å². The van der Waals surface area contributed by atoms with Gasteiger partial charge in [0.1, 0.15) is 17.4 Å². The Labute approximate surface area is 235 Å². The summed E-state index contributed by atoms with van der Waals surface area (Å²) in [6.07, 6.45) is 4.59. The fraction of sp³-hybridized carbons (Fsp3) is 0.387. The number of benzene rings is 2. The molecule has 2 aromatic carbocycles. The van der Waals surface area contributed by atoms with E-state index < -0.39 is 0 Å². The second-order valence-electron chi connectivity index (χ2n) is 10.0. The molecule has 0 spiro atoms. The van der Waals surface area contributed by atoms with Gasteiger partial charge in [-0.3, -0.25) is 4.90 Å². The van der Waals surface area contributed by atoms with Gasteiger partial charge in [-0.05, 0) is 67.8 Å². The van der Waals surface area contributed by atoms with Gasteiger partial charge in [0, 0.05) is 64.1 Å². The molecular formula is C31H37FN6O2. The first-order valence-electron chi connectivity index (χ1n) is 13.9. The molecule has 0 aliphatic carbocycles. The molecule has 0 saturated carbocycles. The Morgan fingerprint density at radius 3 is 2.58 bits per heavy atom. The Morgan fingerprint density at radius 1 is 1.05 bits per heavy atom. The van der Waals surface area contributed by atoms with E-state index in [1.54, 1.807) is 32.5 Å². The zero-order chi connectivity index (χ0) is 27.9. The number of halogens is 1. The lowest BCUT2D eigenvalue weighted by atomic mass is 10.1. The van der Waals surface area contributed by atoms with E-state index in [0.717, 1.165) is 79.7 Å². The Bertz CT molecular complexity index is 1390. The summed E-state index contributed by atoms with van der Waals surface area (Å²) in [5.41, 5.74) is 4.68. The molecule has 9 heteroatoms. The number of hydrogen-bond acceptors (Lipinski definition) is 7. The van der Waals surface area contributed by atoms with Crippen molar-refractivity contribution >= 4 is 5.95 Å². The number of aryl methyl sites for hydroxylation is 1. The number of nitrogens with one attached hydrogen (secondary N) is 1. The predicted molar refractivity (Wildman–Crippen MR) is 155 cm³/mol. The van der Waals surface area contributed by atoms with Crippen LogP contribution in [0.4, 0.5) is 10.3 Å². The summed E-state index contributed by atoms with van der Waals surface area (Å²) < 4.78 is 26.9. The maximum atomic E-state index is 13.8. The van der Waals surface area contributed by atoms with Crippen molar-refractivity contribution in [2.24, 2.45) is 0 Å². The lowest BCUT2D eigenvalue weighted by molar-refractivity contribution is 0.161. The van der Waals surface area contributed by atoms with Crippen molar-refractivity contribution in [1.29, 1.82) is 0 Å². The highest BCUT2D eigenvalue weighted by atomic mass is 19.1. The highest BCUT2D eigenvalue weighted by Gasteiger charge is 2.32. The van der Waals surface area contributed by atoms with Crippen LogP contribution in [0.2, 0.25) is 0 Å². The molecule has 4 aromatic rings. The average Bonchev–Trinajstić information content (AvgIpc) is 3.54. The minimum absolute atomic E-state index is 0.213. The average molecular weight is 545 g/mol. The van der Waals surface area contributed by atoms with Crippen LogP contribution in [-0.4, -0.2) is 64.9 Å². The van der Waals surface area contributed by atoms with E-state index in [0.29, 0.717) is 12.6 Å². The molecule has 40 heavy (non-hydrogen) atoms. The largest absolute Gasteiger partial charge is 0.497 e. The second kappa shape index (κ2) is 13.0. The van der Waals surface area contributed by atoms with Crippen LogP contribution >= 0.6 is 0 Å². The van der Waals surface area contributed by atoms with Crippen LogP contribution in [0.3, 0.4) is 0 Å². The van der Waals surface area contributed by atoms with Crippen LogP contribution in [0.25, 0.3) is 22.6 Å². The minimum atomic E-state index is -0.267. The van der Waals surface area contributed by atoms with Crippen LogP contribution in [0.15, 0.2) is 60.8 Å². The zero-order valence-electron chi connectivity index (χ0n) is 23.4. The molecule has 3 heterocycles. The lowest BCUT2D eigenvalue weighted by Gasteiger charge is -2.27. The highest BCUT2D eigenvalue weighted by molar-refractivity contribution is 5.78. The van der Waals surface area contributed by atoms with Gasteiger partial charge in [0.05, 0.1) is 24.2 Å². The number of rotatable bonds is 13. The fourth-order valence-corrected chi connectivity index (χ4v) is 5.39. The van der Waals surface area contributed by atoms with Gasteiger partial charge < -0.3 is 19.4 Å². The van der Waals surface area contributed by atoms with E-state index in [2.05, 4.69) is 31.9 Å². The number of nitrogens with zero attached hydrogens (tertiary/aromatic N) is 5. The molecule has 1 N–H and O–H groups in total. The Hall–Kier alpha value is -3.82. The number of hydrogen-bond donors (Lipinski definition) is 1. The van der Waals surface area contributed by atoms with E-state index in [1.807, 2.05) is 25.1 Å². The normalized spacial score (nSPS) is 14.5.